The van der Waals surface area contributed by atoms with Gasteiger partial charge in [-0.15, -0.1) is 0 Å². The number of carbonyl (C=O) groups is 1. The highest BCUT2D eigenvalue weighted by atomic mass is 19.1. The minimum atomic E-state index is -0.375. The van der Waals surface area contributed by atoms with Gasteiger partial charge in [-0.25, -0.2) is 4.39 Å². The maximum atomic E-state index is 14.0. The minimum absolute atomic E-state index is 0.0361. The van der Waals surface area contributed by atoms with E-state index < -0.39 is 0 Å². The van der Waals surface area contributed by atoms with Crippen LogP contribution in [-0.2, 0) is 0 Å². The molecule has 2 saturated heterocycles. The van der Waals surface area contributed by atoms with E-state index in [2.05, 4.69) is 42.3 Å². The number of hydrogen-bond acceptors (Lipinski definition) is 7. The fourth-order valence-corrected chi connectivity index (χ4v) is 4.91. The molecule has 0 unspecified atom stereocenters. The molecule has 0 spiro atoms. The molecular weight excluding hydrogens is 459 g/mol. The molecule has 3 heterocycles. The van der Waals surface area contributed by atoms with Gasteiger partial charge in [-0.3, -0.25) is 9.69 Å². The molecule has 1 amide bonds. The van der Waals surface area contributed by atoms with Crippen LogP contribution in [0.25, 0.3) is 11.4 Å². The number of rotatable bonds is 7. The topological polar surface area (TPSA) is 77.7 Å². The summed E-state index contributed by atoms with van der Waals surface area (Å²) in [5, 5.41) is 6.86. The molecule has 2 aliphatic rings. The number of nitrogens with one attached hydrogen (secondary N) is 1. The Morgan fingerprint density at radius 1 is 0.889 bits per heavy atom. The van der Waals surface area contributed by atoms with E-state index >= 15 is 0 Å². The standard InChI is InChI=1S/C27H33FN6O2/c28-23-7-3-4-8-24(23)34-19-17-32(18-20-34)16-13-29-26(35)27-30-25(31-36-27)21-9-11-22(12-10-21)33-14-5-1-2-6-15-33/h3-4,7-12H,1-2,5-6,13-20H2,(H,29,35). The van der Waals surface area contributed by atoms with E-state index in [0.29, 0.717) is 24.6 Å². The number of piperazine rings is 1. The molecule has 5 rings (SSSR count). The van der Waals surface area contributed by atoms with Gasteiger partial charge >= 0.3 is 11.8 Å². The van der Waals surface area contributed by atoms with Crippen molar-refractivity contribution in [2.45, 2.75) is 25.7 Å². The van der Waals surface area contributed by atoms with Gasteiger partial charge in [0.25, 0.3) is 0 Å². The van der Waals surface area contributed by atoms with Crippen molar-refractivity contribution in [2.75, 3.05) is 62.2 Å². The second-order valence-corrected chi connectivity index (χ2v) is 9.41. The summed E-state index contributed by atoms with van der Waals surface area (Å²) >= 11 is 0. The van der Waals surface area contributed by atoms with Crippen molar-refractivity contribution in [3.63, 3.8) is 0 Å². The van der Waals surface area contributed by atoms with Gasteiger partial charge in [-0.2, -0.15) is 4.98 Å². The number of benzene rings is 2. The molecule has 2 fully saturated rings. The molecule has 0 radical (unpaired) electrons. The highest BCUT2D eigenvalue weighted by Crippen LogP contribution is 2.24. The van der Waals surface area contributed by atoms with Gasteiger partial charge in [0.05, 0.1) is 5.69 Å². The molecule has 0 atom stereocenters. The lowest BCUT2D eigenvalue weighted by atomic mass is 10.2. The molecule has 1 N–H and O–H groups in total. The Labute approximate surface area is 211 Å². The predicted molar refractivity (Wildman–Crippen MR) is 138 cm³/mol. The smallest absolute Gasteiger partial charge is 0.316 e. The van der Waals surface area contributed by atoms with Gasteiger partial charge in [0, 0.05) is 63.6 Å². The molecule has 1 aromatic heterocycles. The van der Waals surface area contributed by atoms with Crippen LogP contribution in [-0.4, -0.2) is 73.3 Å². The maximum Gasteiger partial charge on any atom is 0.316 e. The largest absolute Gasteiger partial charge is 0.372 e. The van der Waals surface area contributed by atoms with Crippen molar-refractivity contribution in [3.8, 4) is 11.4 Å². The first kappa shape index (κ1) is 24.2. The van der Waals surface area contributed by atoms with Gasteiger partial charge in [-0.05, 0) is 49.2 Å². The first-order valence-corrected chi connectivity index (χ1v) is 12.9. The quantitative estimate of drug-likeness (QED) is 0.537. The van der Waals surface area contributed by atoms with Crippen LogP contribution in [0.2, 0.25) is 0 Å². The van der Waals surface area contributed by atoms with Crippen molar-refractivity contribution >= 4 is 17.3 Å². The molecule has 2 aliphatic heterocycles. The van der Waals surface area contributed by atoms with Crippen LogP contribution in [0.1, 0.15) is 36.4 Å². The average Bonchev–Trinajstić information content (AvgIpc) is 3.25. The third kappa shape index (κ3) is 5.84. The van der Waals surface area contributed by atoms with Gasteiger partial charge in [0.15, 0.2) is 0 Å². The molecule has 3 aromatic rings. The van der Waals surface area contributed by atoms with Crippen LogP contribution in [0.5, 0.6) is 0 Å². The van der Waals surface area contributed by atoms with Crippen molar-refractivity contribution in [3.05, 3.63) is 60.2 Å². The zero-order chi connectivity index (χ0) is 24.7. The summed E-state index contributed by atoms with van der Waals surface area (Å²) in [7, 11) is 0. The van der Waals surface area contributed by atoms with Gasteiger partial charge < -0.3 is 19.6 Å². The van der Waals surface area contributed by atoms with E-state index in [0.717, 1.165) is 44.8 Å². The number of hydrogen-bond donors (Lipinski definition) is 1. The molecule has 0 aliphatic carbocycles. The molecular formula is C27H33FN6O2. The number of halogens is 1. The summed E-state index contributed by atoms with van der Waals surface area (Å²) in [5.74, 6) is -0.191. The van der Waals surface area contributed by atoms with Crippen LogP contribution in [0.4, 0.5) is 15.8 Å². The highest BCUT2D eigenvalue weighted by molar-refractivity contribution is 5.89. The lowest BCUT2D eigenvalue weighted by molar-refractivity contribution is 0.0904. The second-order valence-electron chi connectivity index (χ2n) is 9.41. The Hall–Kier alpha value is -3.46. The lowest BCUT2D eigenvalue weighted by Gasteiger charge is -2.36. The van der Waals surface area contributed by atoms with E-state index in [4.69, 9.17) is 4.52 Å². The van der Waals surface area contributed by atoms with Crippen molar-refractivity contribution in [1.29, 1.82) is 0 Å². The summed E-state index contributed by atoms with van der Waals surface area (Å²) in [5.41, 5.74) is 2.68. The zero-order valence-electron chi connectivity index (χ0n) is 20.5. The fourth-order valence-electron chi connectivity index (χ4n) is 4.91. The number of nitrogens with zero attached hydrogens (tertiary/aromatic N) is 5. The van der Waals surface area contributed by atoms with Gasteiger partial charge in [0.2, 0.25) is 5.82 Å². The number of aromatic nitrogens is 2. The Bertz CT molecular complexity index is 1140. The average molecular weight is 493 g/mol. The van der Waals surface area contributed by atoms with E-state index in [1.165, 1.54) is 37.4 Å². The van der Waals surface area contributed by atoms with Gasteiger partial charge in [-0.1, -0.05) is 30.1 Å². The first-order valence-electron chi connectivity index (χ1n) is 12.9. The maximum absolute atomic E-state index is 14.0. The summed E-state index contributed by atoms with van der Waals surface area (Å²) in [4.78, 5) is 23.5. The Balaban J connectivity index is 1.08. The number of carbonyl (C=O) groups excluding carboxylic acids is 1. The molecule has 2 aromatic carbocycles. The first-order chi connectivity index (χ1) is 17.7. The predicted octanol–water partition coefficient (Wildman–Crippen LogP) is 3.81. The number of amides is 1. The number of para-hydroxylation sites is 1. The fraction of sp³-hybridized carbons (Fsp3) is 0.444. The van der Waals surface area contributed by atoms with Gasteiger partial charge in [0.1, 0.15) is 5.82 Å². The van der Waals surface area contributed by atoms with E-state index in [1.807, 2.05) is 24.3 Å². The molecule has 8 nitrogen and oxygen atoms in total. The highest BCUT2D eigenvalue weighted by Gasteiger charge is 2.20. The third-order valence-corrected chi connectivity index (χ3v) is 7.00. The zero-order valence-corrected chi connectivity index (χ0v) is 20.5. The molecule has 9 heteroatoms. The van der Waals surface area contributed by atoms with Crippen molar-refractivity contribution < 1.29 is 13.7 Å². The summed E-state index contributed by atoms with van der Waals surface area (Å²) in [6.07, 6.45) is 5.06. The van der Waals surface area contributed by atoms with E-state index in [-0.39, 0.29) is 17.6 Å². The minimum Gasteiger partial charge on any atom is -0.372 e. The van der Waals surface area contributed by atoms with Crippen LogP contribution in [0.15, 0.2) is 53.1 Å². The monoisotopic (exact) mass is 492 g/mol. The second kappa shape index (κ2) is 11.5. The normalized spacial score (nSPS) is 17.1. The summed E-state index contributed by atoms with van der Waals surface area (Å²) in [6, 6.07) is 15.0. The Kier molecular flexibility index (Phi) is 7.76. The number of anilines is 2. The molecule has 36 heavy (non-hydrogen) atoms. The van der Waals surface area contributed by atoms with Crippen molar-refractivity contribution in [1.82, 2.24) is 20.4 Å². The molecule has 190 valence electrons. The summed E-state index contributed by atoms with van der Waals surface area (Å²) in [6.45, 7) is 6.47. The van der Waals surface area contributed by atoms with Crippen LogP contribution in [0, 0.1) is 5.82 Å². The van der Waals surface area contributed by atoms with E-state index in [9.17, 15) is 9.18 Å². The van der Waals surface area contributed by atoms with Crippen LogP contribution >= 0.6 is 0 Å². The Morgan fingerprint density at radius 3 is 2.33 bits per heavy atom. The molecule has 0 bridgehead atoms. The van der Waals surface area contributed by atoms with Crippen molar-refractivity contribution in [2.24, 2.45) is 0 Å². The Morgan fingerprint density at radius 2 is 1.61 bits per heavy atom. The SMILES string of the molecule is O=C(NCCN1CCN(c2ccccc2F)CC1)c1nc(-c2ccc(N3CCCCCC3)cc2)no1. The van der Waals surface area contributed by atoms with Crippen LogP contribution < -0.4 is 15.1 Å². The lowest BCUT2D eigenvalue weighted by Crippen LogP contribution is -2.48. The third-order valence-electron chi connectivity index (χ3n) is 7.00. The summed E-state index contributed by atoms with van der Waals surface area (Å²) < 4.78 is 19.2. The van der Waals surface area contributed by atoms with Crippen LogP contribution in [0.3, 0.4) is 0 Å². The molecule has 0 saturated carbocycles. The van der Waals surface area contributed by atoms with E-state index in [1.54, 1.807) is 6.07 Å².